The third-order valence-corrected chi connectivity index (χ3v) is 6.08. The van der Waals surface area contributed by atoms with Crippen LogP contribution >= 0.6 is 0 Å². The van der Waals surface area contributed by atoms with Crippen LogP contribution in [0.3, 0.4) is 0 Å². The molecule has 2 atom stereocenters. The minimum absolute atomic E-state index is 0.0929. The van der Waals surface area contributed by atoms with Crippen molar-refractivity contribution in [2.45, 2.75) is 40.0 Å². The maximum atomic E-state index is 12.2. The fraction of sp³-hybridized carbons (Fsp3) is 0.500. The first-order chi connectivity index (χ1) is 10.4. The van der Waals surface area contributed by atoms with Gasteiger partial charge < -0.3 is 0 Å². The van der Waals surface area contributed by atoms with Crippen molar-refractivity contribution < 1.29 is 4.79 Å². The second kappa shape index (κ2) is 4.95. The van der Waals surface area contributed by atoms with Crippen molar-refractivity contribution in [1.82, 2.24) is 5.43 Å². The van der Waals surface area contributed by atoms with Gasteiger partial charge in [0.1, 0.15) is 0 Å². The molecule has 22 heavy (non-hydrogen) atoms. The summed E-state index contributed by atoms with van der Waals surface area (Å²) in [6, 6.07) is 8.64. The van der Waals surface area contributed by atoms with Crippen molar-refractivity contribution in [2.24, 2.45) is 21.8 Å². The molecule has 4 nitrogen and oxygen atoms in total. The van der Waals surface area contributed by atoms with E-state index in [0.29, 0.717) is 17.0 Å². The average Bonchev–Trinajstić information content (AvgIpc) is 2.85. The smallest absolute Gasteiger partial charge is 0.267 e. The van der Waals surface area contributed by atoms with E-state index in [1.165, 1.54) is 6.42 Å². The van der Waals surface area contributed by atoms with Crippen molar-refractivity contribution in [2.75, 3.05) is 0 Å². The normalized spacial score (nSPS) is 30.3. The number of rotatable bonds is 2. The Balaban J connectivity index is 1.75. The van der Waals surface area contributed by atoms with Gasteiger partial charge in [0.05, 0.1) is 11.6 Å². The molecular weight excluding hydrogens is 274 g/mol. The molecule has 1 aromatic rings. The molecular formula is C18H21N3O. The number of hydrogen-bond acceptors (Lipinski definition) is 3. The lowest BCUT2D eigenvalue weighted by Gasteiger charge is -2.34. The number of benzene rings is 1. The maximum Gasteiger partial charge on any atom is 0.271 e. The number of hydrogen-bond donors (Lipinski definition) is 1. The third-order valence-electron chi connectivity index (χ3n) is 6.08. The summed E-state index contributed by atoms with van der Waals surface area (Å²) in [7, 11) is 0. The molecule has 2 bridgehead atoms. The van der Waals surface area contributed by atoms with Crippen LogP contribution < -0.4 is 5.43 Å². The largest absolute Gasteiger partial charge is 0.271 e. The van der Waals surface area contributed by atoms with Gasteiger partial charge in [0, 0.05) is 16.7 Å². The van der Waals surface area contributed by atoms with Crippen molar-refractivity contribution in [3.63, 3.8) is 0 Å². The molecule has 1 aromatic carbocycles. The van der Waals surface area contributed by atoms with Crippen LogP contribution in [0.25, 0.3) is 0 Å². The summed E-state index contributed by atoms with van der Waals surface area (Å²) in [6.07, 6.45) is 3.39. The molecule has 0 radical (unpaired) electrons. The van der Waals surface area contributed by atoms with Crippen LogP contribution in [-0.2, 0) is 0 Å². The van der Waals surface area contributed by atoms with Gasteiger partial charge in [0.25, 0.3) is 5.91 Å². The minimum Gasteiger partial charge on any atom is -0.267 e. The molecule has 2 aliphatic rings. The summed E-state index contributed by atoms with van der Waals surface area (Å²) in [5.41, 5.74) is 5.23. The Bertz CT molecular complexity index is 681. The first-order valence-electron chi connectivity index (χ1n) is 7.76. The monoisotopic (exact) mass is 295 g/mol. The van der Waals surface area contributed by atoms with Gasteiger partial charge in [-0.25, -0.2) is 5.43 Å². The summed E-state index contributed by atoms with van der Waals surface area (Å²) >= 11 is 0. The van der Waals surface area contributed by atoms with E-state index in [2.05, 4.69) is 31.3 Å². The van der Waals surface area contributed by atoms with Gasteiger partial charge in [-0.15, -0.1) is 0 Å². The highest BCUT2D eigenvalue weighted by Crippen LogP contribution is 2.63. The standard InChI is InChI=1S/C18H21N3O/c1-17(2)14-8-9-18(17,3)15(10-14)20-21-16(22)13-6-4-12(11-19)5-7-13/h4-7,14H,8-10H2,1-3H3,(H,21,22)/b20-15+/t14-,18+/m0/s1. The Morgan fingerprint density at radius 2 is 2.00 bits per heavy atom. The van der Waals surface area contributed by atoms with Crippen molar-refractivity contribution in [3.8, 4) is 6.07 Å². The predicted molar refractivity (Wildman–Crippen MR) is 85.3 cm³/mol. The number of nitrogens with one attached hydrogen (secondary N) is 1. The highest BCUT2D eigenvalue weighted by atomic mass is 16.2. The van der Waals surface area contributed by atoms with Crippen LogP contribution in [-0.4, -0.2) is 11.6 Å². The molecule has 2 saturated carbocycles. The Hall–Kier alpha value is -2.15. The number of nitriles is 1. The molecule has 4 heteroatoms. The van der Waals surface area contributed by atoms with Crippen LogP contribution in [0.2, 0.25) is 0 Å². The van der Waals surface area contributed by atoms with E-state index in [1.54, 1.807) is 24.3 Å². The number of carbonyl (C=O) groups is 1. The minimum atomic E-state index is -0.221. The van der Waals surface area contributed by atoms with Crippen molar-refractivity contribution in [1.29, 1.82) is 5.26 Å². The number of amides is 1. The van der Waals surface area contributed by atoms with Crippen LogP contribution in [0.15, 0.2) is 29.4 Å². The van der Waals surface area contributed by atoms with Crippen LogP contribution in [0.1, 0.15) is 56.0 Å². The molecule has 3 rings (SSSR count). The second-order valence-electron chi connectivity index (χ2n) is 7.18. The average molecular weight is 295 g/mol. The molecule has 0 unspecified atom stereocenters. The van der Waals surface area contributed by atoms with Gasteiger partial charge in [-0.1, -0.05) is 20.8 Å². The third kappa shape index (κ3) is 2.04. The first-order valence-corrected chi connectivity index (χ1v) is 7.76. The molecule has 114 valence electrons. The highest BCUT2D eigenvalue weighted by molar-refractivity contribution is 5.98. The zero-order valence-corrected chi connectivity index (χ0v) is 13.3. The molecule has 2 aliphatic carbocycles. The fourth-order valence-corrected chi connectivity index (χ4v) is 3.98. The maximum absolute atomic E-state index is 12.2. The molecule has 0 spiro atoms. The van der Waals surface area contributed by atoms with E-state index in [0.717, 1.165) is 18.6 Å². The van der Waals surface area contributed by atoms with Crippen molar-refractivity contribution >= 4 is 11.6 Å². The quantitative estimate of drug-likeness (QED) is 0.849. The number of fused-ring (bicyclic) bond motifs is 2. The van der Waals surface area contributed by atoms with Crippen LogP contribution in [0.4, 0.5) is 0 Å². The van der Waals surface area contributed by atoms with E-state index in [9.17, 15) is 4.79 Å². The van der Waals surface area contributed by atoms with Crippen molar-refractivity contribution in [3.05, 3.63) is 35.4 Å². The SMILES string of the molecule is CC1(C)[C@H]2CC[C@]1(C)/C(=N/NC(=O)c1ccc(C#N)cc1)C2. The van der Waals surface area contributed by atoms with Gasteiger partial charge in [-0.2, -0.15) is 10.4 Å². The molecule has 0 saturated heterocycles. The van der Waals surface area contributed by atoms with E-state index >= 15 is 0 Å². The van der Waals surface area contributed by atoms with Gasteiger partial charge in [-0.05, 0) is 54.9 Å². The summed E-state index contributed by atoms with van der Waals surface area (Å²) < 4.78 is 0. The summed E-state index contributed by atoms with van der Waals surface area (Å²) in [4.78, 5) is 12.2. The lowest BCUT2D eigenvalue weighted by atomic mass is 9.70. The Morgan fingerprint density at radius 3 is 2.50 bits per heavy atom. The van der Waals surface area contributed by atoms with Crippen LogP contribution in [0, 0.1) is 28.1 Å². The number of hydrazone groups is 1. The number of nitrogens with zero attached hydrogens (tertiary/aromatic N) is 2. The summed E-state index contributed by atoms with van der Waals surface area (Å²) in [5, 5.41) is 13.2. The van der Waals surface area contributed by atoms with Gasteiger partial charge in [0.2, 0.25) is 0 Å². The summed E-state index contributed by atoms with van der Waals surface area (Å²) in [5.74, 6) is 0.448. The number of carbonyl (C=O) groups excluding carboxylic acids is 1. The predicted octanol–water partition coefficient (Wildman–Crippen LogP) is 3.49. The molecule has 0 aliphatic heterocycles. The molecule has 2 fully saturated rings. The Morgan fingerprint density at radius 1 is 1.32 bits per heavy atom. The van der Waals surface area contributed by atoms with E-state index in [4.69, 9.17) is 5.26 Å². The molecule has 1 N–H and O–H groups in total. The highest BCUT2D eigenvalue weighted by Gasteiger charge is 2.59. The van der Waals surface area contributed by atoms with Gasteiger partial charge >= 0.3 is 0 Å². The first kappa shape index (κ1) is 14.8. The van der Waals surface area contributed by atoms with E-state index in [-0.39, 0.29) is 16.7 Å². The lowest BCUT2D eigenvalue weighted by Crippen LogP contribution is -2.34. The van der Waals surface area contributed by atoms with Gasteiger partial charge in [-0.3, -0.25) is 4.79 Å². The lowest BCUT2D eigenvalue weighted by molar-refractivity contribution is 0.0954. The zero-order chi connectivity index (χ0) is 16.0. The molecule has 0 heterocycles. The fourth-order valence-electron chi connectivity index (χ4n) is 3.98. The van der Waals surface area contributed by atoms with Crippen LogP contribution in [0.5, 0.6) is 0 Å². The molecule has 0 aromatic heterocycles. The van der Waals surface area contributed by atoms with E-state index < -0.39 is 0 Å². The second-order valence-corrected chi connectivity index (χ2v) is 7.18. The molecule has 1 amide bonds. The topological polar surface area (TPSA) is 65.2 Å². The Labute approximate surface area is 131 Å². The Kier molecular flexibility index (Phi) is 3.32. The van der Waals surface area contributed by atoms with E-state index in [1.807, 2.05) is 6.07 Å². The summed E-state index contributed by atoms with van der Waals surface area (Å²) in [6.45, 7) is 6.90. The van der Waals surface area contributed by atoms with Gasteiger partial charge in [0.15, 0.2) is 0 Å². The zero-order valence-electron chi connectivity index (χ0n) is 13.3.